The Morgan fingerprint density at radius 2 is 1.75 bits per heavy atom. The van der Waals surface area contributed by atoms with Crippen LogP contribution in [0.5, 0.6) is 0 Å². The molecule has 24 heavy (non-hydrogen) atoms. The Kier molecular flexibility index (Phi) is 4.79. The zero-order valence-corrected chi connectivity index (χ0v) is 13.7. The van der Waals surface area contributed by atoms with Gasteiger partial charge in [0.05, 0.1) is 0 Å². The van der Waals surface area contributed by atoms with Crippen LogP contribution >= 0.6 is 0 Å². The summed E-state index contributed by atoms with van der Waals surface area (Å²) in [5, 5.41) is 2.60. The first-order valence-corrected chi connectivity index (χ1v) is 8.11. The maximum atomic E-state index is 12.8. The molecule has 3 amide bonds. The molecule has 0 saturated carbocycles. The lowest BCUT2D eigenvalue weighted by atomic mass is 10.1. The minimum atomic E-state index is -0.128. The number of benzene rings is 2. The number of nitrogens with one attached hydrogen (secondary N) is 1. The minimum Gasteiger partial charge on any atom is -0.355 e. The van der Waals surface area contributed by atoms with Gasteiger partial charge < -0.3 is 10.2 Å². The van der Waals surface area contributed by atoms with E-state index in [2.05, 4.69) is 5.32 Å². The fraction of sp³-hybridized carbons (Fsp3) is 0.263. The molecule has 0 radical (unpaired) electrons. The van der Waals surface area contributed by atoms with Crippen LogP contribution in [0.25, 0.3) is 0 Å². The molecule has 124 valence electrons. The van der Waals surface area contributed by atoms with E-state index in [1.165, 1.54) is 0 Å². The zero-order chi connectivity index (χ0) is 16.9. The standard InChI is InChI=1S/C19H21N3O2/c1-20-18(23)16-8-10-17(11-9-16)22-13-5-12-21(19(22)24)14-15-6-3-2-4-7-15/h2-4,6-11H,5,12-14H2,1H3,(H,20,23). The lowest BCUT2D eigenvalue weighted by Crippen LogP contribution is -2.49. The van der Waals surface area contributed by atoms with Crippen molar-refractivity contribution in [2.24, 2.45) is 0 Å². The van der Waals surface area contributed by atoms with Crippen LogP contribution in [-0.2, 0) is 6.54 Å². The number of hydrogen-bond donors (Lipinski definition) is 1. The van der Waals surface area contributed by atoms with Crippen molar-refractivity contribution < 1.29 is 9.59 Å². The second-order valence-corrected chi connectivity index (χ2v) is 5.82. The van der Waals surface area contributed by atoms with Gasteiger partial charge >= 0.3 is 6.03 Å². The van der Waals surface area contributed by atoms with Gasteiger partial charge in [-0.2, -0.15) is 0 Å². The summed E-state index contributed by atoms with van der Waals surface area (Å²) >= 11 is 0. The van der Waals surface area contributed by atoms with Crippen molar-refractivity contribution in [3.05, 3.63) is 65.7 Å². The predicted octanol–water partition coefficient (Wildman–Crippen LogP) is 2.88. The van der Waals surface area contributed by atoms with Crippen molar-refractivity contribution in [1.29, 1.82) is 0 Å². The monoisotopic (exact) mass is 323 g/mol. The molecule has 1 fully saturated rings. The average Bonchev–Trinajstić information content (AvgIpc) is 2.64. The molecule has 0 atom stereocenters. The molecule has 0 bridgehead atoms. The van der Waals surface area contributed by atoms with Crippen molar-refractivity contribution in [2.75, 3.05) is 25.0 Å². The molecule has 3 rings (SSSR count). The third kappa shape index (κ3) is 3.40. The normalized spacial score (nSPS) is 14.6. The highest BCUT2D eigenvalue weighted by Crippen LogP contribution is 2.22. The molecule has 5 nitrogen and oxygen atoms in total. The van der Waals surface area contributed by atoms with E-state index in [1.807, 2.05) is 47.4 Å². The highest BCUT2D eigenvalue weighted by Gasteiger charge is 2.26. The Hall–Kier alpha value is -2.82. The van der Waals surface area contributed by atoms with E-state index in [4.69, 9.17) is 0 Å². The summed E-state index contributed by atoms with van der Waals surface area (Å²) in [5.74, 6) is -0.128. The summed E-state index contributed by atoms with van der Waals surface area (Å²) in [5.41, 5.74) is 2.54. The van der Waals surface area contributed by atoms with E-state index < -0.39 is 0 Å². The number of anilines is 1. The highest BCUT2D eigenvalue weighted by atomic mass is 16.2. The molecule has 0 unspecified atom stereocenters. The topological polar surface area (TPSA) is 52.7 Å². The number of hydrogen-bond acceptors (Lipinski definition) is 2. The van der Waals surface area contributed by atoms with Crippen LogP contribution in [0.3, 0.4) is 0 Å². The molecule has 0 aliphatic carbocycles. The average molecular weight is 323 g/mol. The van der Waals surface area contributed by atoms with E-state index in [-0.39, 0.29) is 11.9 Å². The van der Waals surface area contributed by atoms with Gasteiger partial charge in [0.2, 0.25) is 0 Å². The fourth-order valence-corrected chi connectivity index (χ4v) is 2.91. The van der Waals surface area contributed by atoms with Gasteiger partial charge in [0.1, 0.15) is 0 Å². The molecule has 1 saturated heterocycles. The Morgan fingerprint density at radius 3 is 2.42 bits per heavy atom. The second kappa shape index (κ2) is 7.17. The van der Waals surface area contributed by atoms with Crippen molar-refractivity contribution in [1.82, 2.24) is 10.2 Å². The Morgan fingerprint density at radius 1 is 1.04 bits per heavy atom. The number of carbonyl (C=O) groups is 2. The van der Waals surface area contributed by atoms with Gasteiger partial charge in [-0.3, -0.25) is 9.69 Å². The molecule has 1 aliphatic rings. The fourth-order valence-electron chi connectivity index (χ4n) is 2.91. The smallest absolute Gasteiger partial charge is 0.324 e. The summed E-state index contributed by atoms with van der Waals surface area (Å²) in [6.07, 6.45) is 0.926. The first-order valence-electron chi connectivity index (χ1n) is 8.11. The maximum Gasteiger partial charge on any atom is 0.324 e. The van der Waals surface area contributed by atoms with Crippen LogP contribution in [0, 0.1) is 0 Å². The Labute approximate surface area is 141 Å². The second-order valence-electron chi connectivity index (χ2n) is 5.82. The van der Waals surface area contributed by atoms with Crippen LogP contribution in [0.4, 0.5) is 10.5 Å². The van der Waals surface area contributed by atoms with E-state index in [0.717, 1.165) is 24.2 Å². The predicted molar refractivity (Wildman–Crippen MR) is 94.0 cm³/mol. The number of amides is 3. The molecular formula is C19H21N3O2. The van der Waals surface area contributed by atoms with Crippen LogP contribution in [0.2, 0.25) is 0 Å². The molecule has 1 N–H and O–H groups in total. The van der Waals surface area contributed by atoms with Gasteiger partial charge in [0.15, 0.2) is 0 Å². The number of nitrogens with zero attached hydrogens (tertiary/aromatic N) is 2. The third-order valence-corrected chi connectivity index (χ3v) is 4.20. The van der Waals surface area contributed by atoms with Crippen molar-refractivity contribution >= 4 is 17.6 Å². The molecule has 0 spiro atoms. The van der Waals surface area contributed by atoms with Crippen LogP contribution in [0.1, 0.15) is 22.3 Å². The van der Waals surface area contributed by atoms with Gasteiger partial charge in [-0.05, 0) is 36.2 Å². The lowest BCUT2D eigenvalue weighted by Gasteiger charge is -2.35. The van der Waals surface area contributed by atoms with E-state index in [0.29, 0.717) is 18.7 Å². The Balaban J connectivity index is 1.74. The molecule has 2 aromatic rings. The Bertz CT molecular complexity index is 713. The minimum absolute atomic E-state index is 0.0118. The van der Waals surface area contributed by atoms with Crippen LogP contribution in [-0.4, -0.2) is 37.0 Å². The van der Waals surface area contributed by atoms with Crippen LogP contribution < -0.4 is 10.2 Å². The first-order chi connectivity index (χ1) is 11.7. The third-order valence-electron chi connectivity index (χ3n) is 4.20. The maximum absolute atomic E-state index is 12.8. The highest BCUT2D eigenvalue weighted by molar-refractivity contribution is 5.96. The van der Waals surface area contributed by atoms with E-state index >= 15 is 0 Å². The molecule has 2 aromatic carbocycles. The van der Waals surface area contributed by atoms with Crippen molar-refractivity contribution in [3.63, 3.8) is 0 Å². The largest absolute Gasteiger partial charge is 0.355 e. The van der Waals surface area contributed by atoms with Crippen molar-refractivity contribution in [3.8, 4) is 0 Å². The van der Waals surface area contributed by atoms with E-state index in [1.54, 1.807) is 24.1 Å². The van der Waals surface area contributed by atoms with Gasteiger partial charge in [0, 0.05) is 37.9 Å². The molecule has 5 heteroatoms. The molecule has 0 aromatic heterocycles. The first kappa shape index (κ1) is 16.1. The summed E-state index contributed by atoms with van der Waals surface area (Å²) < 4.78 is 0. The van der Waals surface area contributed by atoms with Crippen molar-refractivity contribution in [2.45, 2.75) is 13.0 Å². The van der Waals surface area contributed by atoms with Gasteiger partial charge in [-0.25, -0.2) is 4.79 Å². The number of urea groups is 1. The summed E-state index contributed by atoms with van der Waals surface area (Å²) in [6, 6.07) is 17.2. The summed E-state index contributed by atoms with van der Waals surface area (Å²) in [7, 11) is 1.60. The summed E-state index contributed by atoms with van der Waals surface area (Å²) in [6.45, 7) is 2.08. The SMILES string of the molecule is CNC(=O)c1ccc(N2CCCN(Cc3ccccc3)C2=O)cc1. The molecule has 1 aliphatic heterocycles. The lowest BCUT2D eigenvalue weighted by molar-refractivity contribution is 0.0963. The molecule has 1 heterocycles. The summed E-state index contributed by atoms with van der Waals surface area (Å²) in [4.78, 5) is 28.0. The van der Waals surface area contributed by atoms with E-state index in [9.17, 15) is 9.59 Å². The molecular weight excluding hydrogens is 302 g/mol. The number of carbonyl (C=O) groups excluding carboxylic acids is 2. The van der Waals surface area contributed by atoms with Gasteiger partial charge in [-0.15, -0.1) is 0 Å². The zero-order valence-electron chi connectivity index (χ0n) is 13.7. The number of rotatable bonds is 4. The van der Waals surface area contributed by atoms with Gasteiger partial charge in [0.25, 0.3) is 5.91 Å². The van der Waals surface area contributed by atoms with Gasteiger partial charge in [-0.1, -0.05) is 30.3 Å². The van der Waals surface area contributed by atoms with Crippen LogP contribution in [0.15, 0.2) is 54.6 Å². The quantitative estimate of drug-likeness (QED) is 0.940.